The number of piperazine rings is 1. The van der Waals surface area contributed by atoms with Gasteiger partial charge in [0.15, 0.2) is 5.41 Å². The Balaban J connectivity index is 2.13. The topological polar surface area (TPSA) is 54.1 Å². The van der Waals surface area contributed by atoms with Crippen molar-refractivity contribution < 1.29 is 0 Å². The van der Waals surface area contributed by atoms with Crippen LogP contribution in [0.15, 0.2) is 24.3 Å². The summed E-state index contributed by atoms with van der Waals surface area (Å²) in [6.07, 6.45) is 0.533. The van der Waals surface area contributed by atoms with Crippen molar-refractivity contribution in [1.29, 1.82) is 10.5 Å². The van der Waals surface area contributed by atoms with Gasteiger partial charge in [-0.1, -0.05) is 18.2 Å². The van der Waals surface area contributed by atoms with Crippen molar-refractivity contribution >= 4 is 5.69 Å². The molecule has 2 heterocycles. The molecule has 0 bridgehead atoms. The molecule has 1 saturated heterocycles. The van der Waals surface area contributed by atoms with Gasteiger partial charge in [0, 0.05) is 31.7 Å². The zero-order chi connectivity index (χ0) is 13.5. The van der Waals surface area contributed by atoms with Crippen LogP contribution in [-0.2, 0) is 6.42 Å². The maximum absolute atomic E-state index is 9.57. The third-order valence-corrected chi connectivity index (χ3v) is 4.32. The van der Waals surface area contributed by atoms with Crippen molar-refractivity contribution in [3.8, 4) is 12.1 Å². The largest absolute Gasteiger partial charge is 0.363 e. The molecule has 0 saturated carbocycles. The van der Waals surface area contributed by atoms with E-state index in [0.717, 1.165) is 25.2 Å². The fourth-order valence-corrected chi connectivity index (χ4v) is 3.24. The van der Waals surface area contributed by atoms with E-state index < -0.39 is 5.41 Å². The number of likely N-dealkylation sites (N-methyl/N-ethyl adjacent to an activating group) is 1. The molecule has 0 spiro atoms. The third-order valence-electron chi connectivity index (χ3n) is 4.32. The van der Waals surface area contributed by atoms with Crippen molar-refractivity contribution in [2.24, 2.45) is 5.41 Å². The predicted molar refractivity (Wildman–Crippen MR) is 72.4 cm³/mol. The van der Waals surface area contributed by atoms with Crippen molar-refractivity contribution in [3.63, 3.8) is 0 Å². The van der Waals surface area contributed by atoms with Crippen LogP contribution in [0.2, 0.25) is 0 Å². The Morgan fingerprint density at radius 1 is 1.21 bits per heavy atom. The zero-order valence-corrected chi connectivity index (χ0v) is 11.0. The normalized spacial score (nSPS) is 24.8. The molecule has 4 heteroatoms. The van der Waals surface area contributed by atoms with Crippen LogP contribution in [0.5, 0.6) is 0 Å². The monoisotopic (exact) mass is 252 g/mol. The van der Waals surface area contributed by atoms with Crippen LogP contribution < -0.4 is 4.90 Å². The summed E-state index contributed by atoms with van der Waals surface area (Å²) in [5.41, 5.74) is 1.39. The number of anilines is 1. The molecular weight excluding hydrogens is 236 g/mol. The first-order valence-corrected chi connectivity index (χ1v) is 6.56. The minimum Gasteiger partial charge on any atom is -0.363 e. The van der Waals surface area contributed by atoms with Crippen molar-refractivity contribution in [2.75, 3.05) is 31.6 Å². The third kappa shape index (κ3) is 1.69. The molecular formula is C15H16N4. The highest BCUT2D eigenvalue weighted by Crippen LogP contribution is 2.41. The molecule has 1 fully saturated rings. The van der Waals surface area contributed by atoms with Crippen LogP contribution in [0, 0.1) is 28.1 Å². The number of fused-ring (bicyclic) bond motifs is 3. The van der Waals surface area contributed by atoms with Gasteiger partial charge in [-0.05, 0) is 18.7 Å². The number of hydrogen-bond donors (Lipinski definition) is 0. The molecule has 1 aromatic carbocycles. The number of para-hydroxylation sites is 1. The lowest BCUT2D eigenvalue weighted by molar-refractivity contribution is 0.207. The molecule has 0 amide bonds. The summed E-state index contributed by atoms with van der Waals surface area (Å²) in [6.45, 7) is 2.62. The summed E-state index contributed by atoms with van der Waals surface area (Å²) in [6, 6.07) is 12.7. The Labute approximate surface area is 113 Å². The van der Waals surface area contributed by atoms with Gasteiger partial charge in [-0.15, -0.1) is 0 Å². The molecule has 2 aliphatic heterocycles. The standard InChI is InChI=1S/C15H16N4/c1-18-6-7-19-13-5-3-2-4-12(13)8-15(10-16,11-17)14(19)9-18/h2-5,14H,6-9H2,1H3. The van der Waals surface area contributed by atoms with Crippen LogP contribution in [0.25, 0.3) is 0 Å². The minimum absolute atomic E-state index is 0.0313. The highest BCUT2D eigenvalue weighted by atomic mass is 15.3. The average molecular weight is 252 g/mol. The lowest BCUT2D eigenvalue weighted by atomic mass is 9.72. The van der Waals surface area contributed by atoms with E-state index in [2.05, 4.69) is 35.1 Å². The molecule has 4 nitrogen and oxygen atoms in total. The lowest BCUT2D eigenvalue weighted by Crippen LogP contribution is -2.61. The van der Waals surface area contributed by atoms with Gasteiger partial charge in [-0.3, -0.25) is 0 Å². The number of hydrogen-bond acceptors (Lipinski definition) is 4. The summed E-state index contributed by atoms with van der Waals surface area (Å²) < 4.78 is 0. The first-order valence-electron chi connectivity index (χ1n) is 6.56. The smallest absolute Gasteiger partial charge is 0.169 e. The molecule has 1 aromatic rings. The van der Waals surface area contributed by atoms with E-state index >= 15 is 0 Å². The van der Waals surface area contributed by atoms with E-state index in [1.54, 1.807) is 0 Å². The van der Waals surface area contributed by atoms with E-state index in [1.165, 1.54) is 5.69 Å². The second kappa shape index (κ2) is 4.26. The summed E-state index contributed by atoms with van der Waals surface area (Å²) in [4.78, 5) is 4.46. The van der Waals surface area contributed by atoms with Gasteiger partial charge in [-0.2, -0.15) is 10.5 Å². The SMILES string of the molecule is CN1CCN2c3ccccc3CC(C#N)(C#N)C2C1. The second-order valence-corrected chi connectivity index (χ2v) is 5.47. The van der Waals surface area contributed by atoms with Crippen molar-refractivity contribution in [2.45, 2.75) is 12.5 Å². The van der Waals surface area contributed by atoms with Crippen molar-refractivity contribution in [1.82, 2.24) is 4.90 Å². The number of rotatable bonds is 0. The Bertz CT molecular complexity index is 567. The van der Waals surface area contributed by atoms with E-state index in [4.69, 9.17) is 0 Å². The summed E-state index contributed by atoms with van der Waals surface area (Å²) in [5.74, 6) is 0. The Morgan fingerprint density at radius 2 is 1.95 bits per heavy atom. The fraction of sp³-hybridized carbons (Fsp3) is 0.467. The molecule has 0 N–H and O–H groups in total. The quantitative estimate of drug-likeness (QED) is 0.700. The number of benzene rings is 1. The van der Waals surface area contributed by atoms with Crippen molar-refractivity contribution in [3.05, 3.63) is 29.8 Å². The average Bonchev–Trinajstić information content (AvgIpc) is 2.46. The molecule has 0 aromatic heterocycles. The Hall–Kier alpha value is -2.04. The Morgan fingerprint density at radius 3 is 2.68 bits per heavy atom. The zero-order valence-electron chi connectivity index (χ0n) is 11.0. The van der Waals surface area contributed by atoms with Gasteiger partial charge >= 0.3 is 0 Å². The van der Waals surface area contributed by atoms with Gasteiger partial charge < -0.3 is 9.80 Å². The Kier molecular flexibility index (Phi) is 2.69. The molecule has 1 atom stereocenters. The first-order chi connectivity index (χ1) is 9.20. The van der Waals surface area contributed by atoms with Gasteiger partial charge in [0.1, 0.15) is 0 Å². The van der Waals surface area contributed by atoms with Crippen LogP contribution in [-0.4, -0.2) is 37.6 Å². The van der Waals surface area contributed by atoms with Crippen LogP contribution in [0.4, 0.5) is 5.69 Å². The van der Waals surface area contributed by atoms with E-state index in [1.807, 2.05) is 18.2 Å². The van der Waals surface area contributed by atoms with Gasteiger partial charge in [0.25, 0.3) is 0 Å². The predicted octanol–water partition coefficient (Wildman–Crippen LogP) is 1.40. The maximum Gasteiger partial charge on any atom is 0.169 e. The van der Waals surface area contributed by atoms with Crippen LogP contribution in [0.3, 0.4) is 0 Å². The minimum atomic E-state index is -0.928. The highest BCUT2D eigenvalue weighted by Gasteiger charge is 2.49. The molecule has 1 unspecified atom stereocenters. The summed E-state index contributed by atoms with van der Waals surface area (Å²) in [5, 5.41) is 19.1. The van der Waals surface area contributed by atoms with E-state index in [-0.39, 0.29) is 6.04 Å². The lowest BCUT2D eigenvalue weighted by Gasteiger charge is -2.49. The fourth-order valence-electron chi connectivity index (χ4n) is 3.24. The van der Waals surface area contributed by atoms with E-state index in [0.29, 0.717) is 6.42 Å². The molecule has 0 aliphatic carbocycles. The highest BCUT2D eigenvalue weighted by molar-refractivity contribution is 5.60. The number of nitrogens with zero attached hydrogens (tertiary/aromatic N) is 4. The second-order valence-electron chi connectivity index (χ2n) is 5.47. The molecule has 19 heavy (non-hydrogen) atoms. The molecule has 2 aliphatic rings. The van der Waals surface area contributed by atoms with Crippen LogP contribution >= 0.6 is 0 Å². The molecule has 3 rings (SSSR count). The van der Waals surface area contributed by atoms with Gasteiger partial charge in [-0.25, -0.2) is 0 Å². The summed E-state index contributed by atoms with van der Waals surface area (Å²) in [7, 11) is 2.05. The maximum atomic E-state index is 9.57. The summed E-state index contributed by atoms with van der Waals surface area (Å²) >= 11 is 0. The first kappa shape index (κ1) is 12.0. The molecule has 96 valence electrons. The number of nitriles is 2. The van der Waals surface area contributed by atoms with Gasteiger partial charge in [0.05, 0.1) is 18.2 Å². The van der Waals surface area contributed by atoms with E-state index in [9.17, 15) is 10.5 Å². The van der Waals surface area contributed by atoms with Crippen LogP contribution in [0.1, 0.15) is 5.56 Å². The van der Waals surface area contributed by atoms with Gasteiger partial charge in [0.2, 0.25) is 0 Å². The molecule has 0 radical (unpaired) electrons.